The molecular weight excluding hydrogens is 344 g/mol. The Morgan fingerprint density at radius 1 is 1.04 bits per heavy atom. The van der Waals surface area contributed by atoms with Gasteiger partial charge in [-0.2, -0.15) is 0 Å². The van der Waals surface area contributed by atoms with Crippen molar-refractivity contribution in [3.8, 4) is 11.5 Å². The van der Waals surface area contributed by atoms with Gasteiger partial charge in [-0.3, -0.25) is 0 Å². The largest absolute Gasteiger partial charge is 0.488 e. The first kappa shape index (κ1) is 19.0. The molecule has 0 bridgehead atoms. The van der Waals surface area contributed by atoms with Crippen molar-refractivity contribution in [2.24, 2.45) is 0 Å². The average Bonchev–Trinajstić information content (AvgIpc) is 2.65. The van der Waals surface area contributed by atoms with Crippen LogP contribution in [-0.4, -0.2) is 24.1 Å². The molecule has 0 fully saturated rings. The molecule has 1 aliphatic heterocycles. The fraction of sp³-hybridized carbons (Fsp3) is 0.364. The van der Waals surface area contributed by atoms with E-state index >= 15 is 0 Å². The highest BCUT2D eigenvalue weighted by Gasteiger charge is 2.27. The van der Waals surface area contributed by atoms with Crippen LogP contribution in [0.15, 0.2) is 42.5 Å². The molecule has 2 aromatic carbocycles. The molecule has 0 aliphatic carbocycles. The maximum atomic E-state index is 12.4. The summed E-state index contributed by atoms with van der Waals surface area (Å²) < 4.78 is 16.4. The highest BCUT2D eigenvalue weighted by molar-refractivity contribution is 5.92. The van der Waals surface area contributed by atoms with E-state index in [0.29, 0.717) is 23.5 Å². The summed E-state index contributed by atoms with van der Waals surface area (Å²) in [4.78, 5) is 24.2. The Morgan fingerprint density at radius 3 is 2.44 bits per heavy atom. The molecule has 0 aromatic heterocycles. The molecule has 1 aliphatic rings. The van der Waals surface area contributed by atoms with Gasteiger partial charge in [-0.1, -0.05) is 6.92 Å². The van der Waals surface area contributed by atoms with Gasteiger partial charge in [-0.25, -0.2) is 9.59 Å². The standard InChI is InChI=1S/C22H24O5/c1-4-13-25-20(23)15-5-8-18(9-6-15)26-21(24)17-7-10-19-16(14-17)11-12-22(2,3)27-19/h5-10,14H,4,11-13H2,1-3H3. The van der Waals surface area contributed by atoms with E-state index in [1.54, 1.807) is 30.3 Å². The van der Waals surface area contributed by atoms with Crippen LogP contribution in [0, 0.1) is 0 Å². The van der Waals surface area contributed by atoms with E-state index < -0.39 is 5.97 Å². The molecular formula is C22H24O5. The summed E-state index contributed by atoms with van der Waals surface area (Å²) in [5.74, 6) is 0.371. The zero-order valence-electron chi connectivity index (χ0n) is 15.9. The van der Waals surface area contributed by atoms with E-state index in [9.17, 15) is 9.59 Å². The number of rotatable bonds is 5. The van der Waals surface area contributed by atoms with Crippen LogP contribution >= 0.6 is 0 Å². The van der Waals surface area contributed by atoms with Crippen LogP contribution in [0.25, 0.3) is 0 Å². The Labute approximate surface area is 159 Å². The molecule has 0 spiro atoms. The lowest BCUT2D eigenvalue weighted by molar-refractivity contribution is 0.0505. The number of esters is 2. The normalized spacial score (nSPS) is 14.6. The number of fused-ring (bicyclic) bond motifs is 1. The van der Waals surface area contributed by atoms with E-state index in [0.717, 1.165) is 30.6 Å². The summed E-state index contributed by atoms with van der Waals surface area (Å²) in [6.45, 7) is 6.43. The van der Waals surface area contributed by atoms with Gasteiger partial charge in [-0.15, -0.1) is 0 Å². The molecule has 0 saturated carbocycles. The van der Waals surface area contributed by atoms with Crippen molar-refractivity contribution in [2.75, 3.05) is 6.61 Å². The van der Waals surface area contributed by atoms with Gasteiger partial charge >= 0.3 is 11.9 Å². The van der Waals surface area contributed by atoms with Gasteiger partial charge in [-0.05, 0) is 81.1 Å². The lowest BCUT2D eigenvalue weighted by Crippen LogP contribution is -2.32. The van der Waals surface area contributed by atoms with Crippen molar-refractivity contribution < 1.29 is 23.8 Å². The first-order valence-corrected chi connectivity index (χ1v) is 9.19. The van der Waals surface area contributed by atoms with Crippen molar-refractivity contribution in [3.63, 3.8) is 0 Å². The lowest BCUT2D eigenvalue weighted by Gasteiger charge is -2.32. The third-order valence-electron chi connectivity index (χ3n) is 4.42. The molecule has 1 heterocycles. The minimum absolute atomic E-state index is 0.185. The smallest absolute Gasteiger partial charge is 0.343 e. The van der Waals surface area contributed by atoms with Crippen LogP contribution in [-0.2, 0) is 11.2 Å². The number of hydrogen-bond acceptors (Lipinski definition) is 5. The Kier molecular flexibility index (Phi) is 5.49. The maximum Gasteiger partial charge on any atom is 0.343 e. The number of carbonyl (C=O) groups excluding carboxylic acids is 2. The highest BCUT2D eigenvalue weighted by Crippen LogP contribution is 2.33. The number of aryl methyl sites for hydroxylation is 1. The Bertz CT molecular complexity index is 836. The van der Waals surface area contributed by atoms with Crippen LogP contribution in [0.5, 0.6) is 11.5 Å². The van der Waals surface area contributed by atoms with Crippen LogP contribution in [0.4, 0.5) is 0 Å². The Morgan fingerprint density at radius 2 is 1.74 bits per heavy atom. The molecule has 0 saturated heterocycles. The van der Waals surface area contributed by atoms with Crippen LogP contribution < -0.4 is 9.47 Å². The van der Waals surface area contributed by atoms with Crippen molar-refractivity contribution in [3.05, 3.63) is 59.2 Å². The summed E-state index contributed by atoms with van der Waals surface area (Å²) in [5, 5.41) is 0. The van der Waals surface area contributed by atoms with Gasteiger partial charge in [0.05, 0.1) is 17.7 Å². The van der Waals surface area contributed by atoms with Crippen molar-refractivity contribution in [1.29, 1.82) is 0 Å². The Hall–Kier alpha value is -2.82. The zero-order valence-corrected chi connectivity index (χ0v) is 15.9. The first-order valence-electron chi connectivity index (χ1n) is 9.19. The van der Waals surface area contributed by atoms with Crippen molar-refractivity contribution in [2.45, 2.75) is 45.6 Å². The lowest BCUT2D eigenvalue weighted by atomic mass is 9.93. The molecule has 27 heavy (non-hydrogen) atoms. The van der Waals surface area contributed by atoms with E-state index in [2.05, 4.69) is 13.8 Å². The minimum atomic E-state index is -0.441. The van der Waals surface area contributed by atoms with Gasteiger partial charge in [0.15, 0.2) is 0 Å². The Balaban J connectivity index is 1.66. The van der Waals surface area contributed by atoms with Crippen LogP contribution in [0.3, 0.4) is 0 Å². The molecule has 0 unspecified atom stereocenters. The second kappa shape index (κ2) is 7.82. The fourth-order valence-electron chi connectivity index (χ4n) is 2.89. The SMILES string of the molecule is CCCOC(=O)c1ccc(OC(=O)c2ccc3c(c2)CCC(C)(C)O3)cc1. The quantitative estimate of drug-likeness (QED) is 0.571. The molecule has 2 aromatic rings. The van der Waals surface area contributed by atoms with Crippen molar-refractivity contribution in [1.82, 2.24) is 0 Å². The number of benzene rings is 2. The predicted octanol–water partition coefficient (Wildman–Crippen LogP) is 4.58. The topological polar surface area (TPSA) is 61.8 Å². The van der Waals surface area contributed by atoms with E-state index in [-0.39, 0.29) is 11.6 Å². The molecule has 0 atom stereocenters. The van der Waals surface area contributed by atoms with Gasteiger partial charge in [0.2, 0.25) is 0 Å². The summed E-state index contributed by atoms with van der Waals surface area (Å²) in [6, 6.07) is 11.7. The third kappa shape index (κ3) is 4.67. The van der Waals surface area contributed by atoms with Gasteiger partial charge in [0.25, 0.3) is 0 Å². The van der Waals surface area contributed by atoms with Gasteiger partial charge < -0.3 is 14.2 Å². The van der Waals surface area contributed by atoms with Gasteiger partial charge in [0.1, 0.15) is 17.1 Å². The number of carbonyl (C=O) groups is 2. The molecule has 5 heteroatoms. The monoisotopic (exact) mass is 368 g/mol. The second-order valence-corrected chi connectivity index (χ2v) is 7.23. The zero-order chi connectivity index (χ0) is 19.4. The third-order valence-corrected chi connectivity index (χ3v) is 4.42. The minimum Gasteiger partial charge on any atom is -0.488 e. The summed E-state index contributed by atoms with van der Waals surface area (Å²) in [6.07, 6.45) is 2.52. The summed E-state index contributed by atoms with van der Waals surface area (Å²) in [7, 11) is 0. The van der Waals surface area contributed by atoms with Crippen LogP contribution in [0.2, 0.25) is 0 Å². The molecule has 3 rings (SSSR count). The average molecular weight is 368 g/mol. The maximum absolute atomic E-state index is 12.4. The summed E-state index contributed by atoms with van der Waals surface area (Å²) in [5.41, 5.74) is 1.73. The van der Waals surface area contributed by atoms with E-state index in [1.165, 1.54) is 0 Å². The number of hydrogen-bond donors (Lipinski definition) is 0. The molecule has 142 valence electrons. The van der Waals surface area contributed by atoms with Gasteiger partial charge in [0, 0.05) is 0 Å². The molecule has 5 nitrogen and oxygen atoms in total. The second-order valence-electron chi connectivity index (χ2n) is 7.23. The highest BCUT2D eigenvalue weighted by atomic mass is 16.5. The van der Waals surface area contributed by atoms with E-state index in [4.69, 9.17) is 14.2 Å². The fourth-order valence-corrected chi connectivity index (χ4v) is 2.89. The van der Waals surface area contributed by atoms with Crippen molar-refractivity contribution >= 4 is 11.9 Å². The summed E-state index contributed by atoms with van der Waals surface area (Å²) >= 11 is 0. The molecule has 0 amide bonds. The van der Waals surface area contributed by atoms with E-state index in [1.807, 2.05) is 19.1 Å². The molecule has 0 radical (unpaired) electrons. The number of ether oxygens (including phenoxy) is 3. The first-order chi connectivity index (χ1) is 12.9. The molecule has 0 N–H and O–H groups in total. The van der Waals surface area contributed by atoms with Crippen LogP contribution in [0.1, 0.15) is 59.9 Å². The predicted molar refractivity (Wildman–Crippen MR) is 101 cm³/mol.